The number of likely N-dealkylation sites (N-methyl/N-ethyl adjacent to an activating group) is 2. The standard InChI is InChI=1S/C13H24N4O3/c1-5-8-14-13(20)15-11(18)9-16(4)10-12(19)17(6-2)7-3/h5H,1,6-10H2,2-4H3,(H2,14,15,18,20). The molecule has 20 heavy (non-hydrogen) atoms. The van der Waals surface area contributed by atoms with Gasteiger partial charge in [0.05, 0.1) is 13.1 Å². The summed E-state index contributed by atoms with van der Waals surface area (Å²) in [7, 11) is 1.66. The van der Waals surface area contributed by atoms with Crippen molar-refractivity contribution in [3.63, 3.8) is 0 Å². The minimum absolute atomic E-state index is 0.0193. The number of nitrogens with one attached hydrogen (secondary N) is 2. The first-order valence-corrected chi connectivity index (χ1v) is 6.59. The van der Waals surface area contributed by atoms with Gasteiger partial charge in [-0.1, -0.05) is 6.08 Å². The van der Waals surface area contributed by atoms with Gasteiger partial charge in [0.2, 0.25) is 11.8 Å². The summed E-state index contributed by atoms with van der Waals surface area (Å²) >= 11 is 0. The van der Waals surface area contributed by atoms with Gasteiger partial charge in [0, 0.05) is 19.6 Å². The quantitative estimate of drug-likeness (QED) is 0.605. The molecule has 2 N–H and O–H groups in total. The van der Waals surface area contributed by atoms with Gasteiger partial charge < -0.3 is 10.2 Å². The van der Waals surface area contributed by atoms with Crippen LogP contribution in [0, 0.1) is 0 Å². The van der Waals surface area contributed by atoms with E-state index in [0.29, 0.717) is 13.1 Å². The van der Waals surface area contributed by atoms with Crippen molar-refractivity contribution >= 4 is 17.8 Å². The smallest absolute Gasteiger partial charge is 0.321 e. The van der Waals surface area contributed by atoms with Gasteiger partial charge in [-0.15, -0.1) is 6.58 Å². The van der Waals surface area contributed by atoms with E-state index in [1.165, 1.54) is 6.08 Å². The molecular formula is C13H24N4O3. The van der Waals surface area contributed by atoms with Gasteiger partial charge in [-0.3, -0.25) is 19.8 Å². The first kappa shape index (κ1) is 18.1. The maximum atomic E-state index is 11.8. The van der Waals surface area contributed by atoms with Gasteiger partial charge in [-0.05, 0) is 20.9 Å². The van der Waals surface area contributed by atoms with E-state index in [1.807, 2.05) is 13.8 Å². The number of amides is 4. The number of carbonyl (C=O) groups is 3. The summed E-state index contributed by atoms with van der Waals surface area (Å²) in [6.07, 6.45) is 1.51. The van der Waals surface area contributed by atoms with Gasteiger partial charge in [-0.25, -0.2) is 4.79 Å². The number of imide groups is 1. The summed E-state index contributed by atoms with van der Waals surface area (Å²) in [6, 6.07) is -0.571. The molecule has 0 atom stereocenters. The third-order valence-electron chi connectivity index (χ3n) is 2.59. The van der Waals surface area contributed by atoms with E-state index in [9.17, 15) is 14.4 Å². The Morgan fingerprint density at radius 1 is 1.15 bits per heavy atom. The molecule has 0 aromatic carbocycles. The lowest BCUT2D eigenvalue weighted by atomic mass is 10.4. The van der Waals surface area contributed by atoms with Crippen molar-refractivity contribution in [3.05, 3.63) is 12.7 Å². The van der Waals surface area contributed by atoms with Crippen LogP contribution in [0.3, 0.4) is 0 Å². The van der Waals surface area contributed by atoms with E-state index in [-0.39, 0.29) is 25.5 Å². The highest BCUT2D eigenvalue weighted by Crippen LogP contribution is 1.92. The highest BCUT2D eigenvalue weighted by Gasteiger charge is 2.15. The van der Waals surface area contributed by atoms with E-state index < -0.39 is 11.9 Å². The minimum Gasteiger partial charge on any atom is -0.342 e. The number of hydrogen-bond acceptors (Lipinski definition) is 4. The fourth-order valence-electron chi connectivity index (χ4n) is 1.58. The Bertz CT molecular complexity index is 354. The first-order chi connectivity index (χ1) is 9.44. The molecule has 0 saturated heterocycles. The fourth-order valence-corrected chi connectivity index (χ4v) is 1.58. The molecule has 0 heterocycles. The topological polar surface area (TPSA) is 81.8 Å². The maximum Gasteiger partial charge on any atom is 0.321 e. The molecule has 7 heteroatoms. The van der Waals surface area contributed by atoms with Gasteiger partial charge in [0.25, 0.3) is 0 Å². The number of hydrogen-bond donors (Lipinski definition) is 2. The molecule has 0 aromatic heterocycles. The average molecular weight is 284 g/mol. The van der Waals surface area contributed by atoms with E-state index in [0.717, 1.165) is 0 Å². The van der Waals surface area contributed by atoms with Crippen molar-refractivity contribution in [2.45, 2.75) is 13.8 Å². The van der Waals surface area contributed by atoms with Crippen molar-refractivity contribution in [2.24, 2.45) is 0 Å². The summed E-state index contributed by atoms with van der Waals surface area (Å²) in [5, 5.41) is 4.60. The monoisotopic (exact) mass is 284 g/mol. The third-order valence-corrected chi connectivity index (χ3v) is 2.59. The minimum atomic E-state index is -0.571. The highest BCUT2D eigenvalue weighted by molar-refractivity contribution is 5.95. The van der Waals surface area contributed by atoms with Crippen LogP contribution in [0.4, 0.5) is 4.79 Å². The Kier molecular flexibility index (Phi) is 9.02. The predicted octanol–water partition coefficient (Wildman–Crippen LogP) is -0.202. The summed E-state index contributed by atoms with van der Waals surface area (Å²) in [4.78, 5) is 37.9. The molecule has 0 rings (SSSR count). The van der Waals surface area contributed by atoms with Crippen LogP contribution in [0.5, 0.6) is 0 Å². The SMILES string of the molecule is C=CCNC(=O)NC(=O)CN(C)CC(=O)N(CC)CC. The van der Waals surface area contributed by atoms with Crippen LogP contribution >= 0.6 is 0 Å². The molecule has 4 amide bonds. The number of nitrogens with zero attached hydrogens (tertiary/aromatic N) is 2. The lowest BCUT2D eigenvalue weighted by Crippen LogP contribution is -2.46. The molecule has 0 spiro atoms. The lowest BCUT2D eigenvalue weighted by molar-refractivity contribution is -0.132. The van der Waals surface area contributed by atoms with Crippen LogP contribution in [0.1, 0.15) is 13.8 Å². The lowest BCUT2D eigenvalue weighted by Gasteiger charge is -2.22. The normalized spacial score (nSPS) is 10.0. The molecule has 0 bridgehead atoms. The van der Waals surface area contributed by atoms with Crippen molar-refractivity contribution in [1.29, 1.82) is 0 Å². The first-order valence-electron chi connectivity index (χ1n) is 6.59. The molecule has 0 unspecified atom stereocenters. The summed E-state index contributed by atoms with van der Waals surface area (Å²) in [6.45, 7) is 8.94. The van der Waals surface area contributed by atoms with Crippen molar-refractivity contribution in [2.75, 3.05) is 39.8 Å². The Labute approximate surface area is 120 Å². The van der Waals surface area contributed by atoms with E-state index in [2.05, 4.69) is 17.2 Å². The fraction of sp³-hybridized carbons (Fsp3) is 0.615. The number of rotatable bonds is 8. The van der Waals surface area contributed by atoms with E-state index >= 15 is 0 Å². The van der Waals surface area contributed by atoms with Gasteiger partial charge in [0.1, 0.15) is 0 Å². The highest BCUT2D eigenvalue weighted by atomic mass is 16.2. The molecule has 0 aliphatic carbocycles. The van der Waals surface area contributed by atoms with Crippen LogP contribution in [0.25, 0.3) is 0 Å². The molecule has 0 aliphatic rings. The predicted molar refractivity (Wildman–Crippen MR) is 77.2 cm³/mol. The van der Waals surface area contributed by atoms with Crippen LogP contribution in [0.2, 0.25) is 0 Å². The summed E-state index contributed by atoms with van der Waals surface area (Å²) < 4.78 is 0. The largest absolute Gasteiger partial charge is 0.342 e. The zero-order valence-corrected chi connectivity index (χ0v) is 12.4. The summed E-state index contributed by atoms with van der Waals surface area (Å²) in [5.74, 6) is -0.497. The Balaban J connectivity index is 4.10. The Morgan fingerprint density at radius 2 is 1.75 bits per heavy atom. The Hall–Kier alpha value is -1.89. The van der Waals surface area contributed by atoms with Gasteiger partial charge in [0.15, 0.2) is 0 Å². The number of carbonyl (C=O) groups excluding carboxylic acids is 3. The van der Waals surface area contributed by atoms with Crippen molar-refractivity contribution < 1.29 is 14.4 Å². The second-order valence-corrected chi connectivity index (χ2v) is 4.29. The van der Waals surface area contributed by atoms with Crippen LogP contribution in [0.15, 0.2) is 12.7 Å². The summed E-state index contributed by atoms with van der Waals surface area (Å²) in [5.41, 5.74) is 0. The van der Waals surface area contributed by atoms with Crippen LogP contribution in [-0.2, 0) is 9.59 Å². The zero-order valence-electron chi connectivity index (χ0n) is 12.4. The average Bonchev–Trinajstić information content (AvgIpc) is 2.37. The molecule has 0 aromatic rings. The third kappa shape index (κ3) is 7.52. The number of urea groups is 1. The molecule has 0 radical (unpaired) electrons. The van der Waals surface area contributed by atoms with Gasteiger partial charge in [-0.2, -0.15) is 0 Å². The molecule has 0 saturated carbocycles. The van der Waals surface area contributed by atoms with Crippen LogP contribution in [-0.4, -0.2) is 67.4 Å². The van der Waals surface area contributed by atoms with Crippen molar-refractivity contribution in [1.82, 2.24) is 20.4 Å². The maximum absolute atomic E-state index is 11.8. The van der Waals surface area contributed by atoms with E-state index in [1.54, 1.807) is 16.8 Å². The molecule has 114 valence electrons. The van der Waals surface area contributed by atoms with E-state index in [4.69, 9.17) is 0 Å². The Morgan fingerprint density at radius 3 is 2.25 bits per heavy atom. The van der Waals surface area contributed by atoms with Crippen molar-refractivity contribution in [3.8, 4) is 0 Å². The molecule has 0 fully saturated rings. The second kappa shape index (κ2) is 9.96. The zero-order chi connectivity index (χ0) is 15.5. The molecule has 7 nitrogen and oxygen atoms in total. The molecule has 0 aliphatic heterocycles. The van der Waals surface area contributed by atoms with Gasteiger partial charge >= 0.3 is 6.03 Å². The molecular weight excluding hydrogens is 260 g/mol. The van der Waals surface area contributed by atoms with Crippen LogP contribution < -0.4 is 10.6 Å². The second-order valence-electron chi connectivity index (χ2n) is 4.29.